The van der Waals surface area contributed by atoms with Gasteiger partial charge in [-0.25, -0.2) is 9.98 Å². The lowest BCUT2D eigenvalue weighted by Crippen LogP contribution is -2.36. The molecule has 0 spiro atoms. The van der Waals surface area contributed by atoms with Gasteiger partial charge in [0.1, 0.15) is 5.76 Å². The molecule has 0 atom stereocenters. The average molecular weight is 471 g/mol. The third kappa shape index (κ3) is 6.19. The van der Waals surface area contributed by atoms with Gasteiger partial charge in [-0.1, -0.05) is 6.07 Å². The zero-order valence-corrected chi connectivity index (χ0v) is 18.8. The Balaban J connectivity index is 0.00000338. The highest BCUT2D eigenvalue weighted by molar-refractivity contribution is 14.0. The Morgan fingerprint density at radius 3 is 2.46 bits per heavy atom. The van der Waals surface area contributed by atoms with Crippen molar-refractivity contribution in [2.75, 3.05) is 25.5 Å². The summed E-state index contributed by atoms with van der Waals surface area (Å²) in [6, 6.07) is 6.44. The molecule has 0 aliphatic carbocycles. The summed E-state index contributed by atoms with van der Waals surface area (Å²) < 4.78 is 5.60. The fourth-order valence-electron chi connectivity index (χ4n) is 2.42. The molecule has 0 aliphatic heterocycles. The molecule has 2 rings (SSSR count). The molecule has 144 valence electrons. The molecule has 0 aliphatic rings. The maximum atomic E-state index is 5.60. The molecule has 6 nitrogen and oxygen atoms in total. The molecule has 7 heteroatoms. The quantitative estimate of drug-likeness (QED) is 0.384. The highest BCUT2D eigenvalue weighted by Crippen LogP contribution is 2.18. The van der Waals surface area contributed by atoms with E-state index < -0.39 is 0 Å². The van der Waals surface area contributed by atoms with Gasteiger partial charge in [-0.2, -0.15) is 0 Å². The van der Waals surface area contributed by atoms with E-state index in [1.54, 1.807) is 0 Å². The molecule has 26 heavy (non-hydrogen) atoms. The Morgan fingerprint density at radius 2 is 1.92 bits per heavy atom. The van der Waals surface area contributed by atoms with E-state index in [9.17, 15) is 0 Å². The van der Waals surface area contributed by atoms with Crippen LogP contribution in [0.3, 0.4) is 0 Å². The van der Waals surface area contributed by atoms with Crippen molar-refractivity contribution in [2.24, 2.45) is 4.99 Å². The second-order valence-electron chi connectivity index (χ2n) is 6.30. The number of hydrogen-bond donors (Lipinski definition) is 2. The second kappa shape index (κ2) is 10.4. The first-order chi connectivity index (χ1) is 11.9. The number of anilines is 1. The largest absolute Gasteiger partial charge is 0.444 e. The first kappa shape index (κ1) is 22.3. The van der Waals surface area contributed by atoms with Crippen LogP contribution in [0, 0.1) is 20.8 Å². The van der Waals surface area contributed by atoms with Gasteiger partial charge in [-0.05, 0) is 51.0 Å². The fourth-order valence-corrected chi connectivity index (χ4v) is 2.42. The molecule has 0 saturated carbocycles. The molecule has 0 saturated heterocycles. The molecule has 0 radical (unpaired) electrons. The minimum absolute atomic E-state index is 0. The van der Waals surface area contributed by atoms with E-state index in [2.05, 4.69) is 50.6 Å². The van der Waals surface area contributed by atoms with Gasteiger partial charge in [0.25, 0.3) is 0 Å². The Labute approximate surface area is 173 Å². The number of rotatable bonds is 6. The van der Waals surface area contributed by atoms with E-state index in [-0.39, 0.29) is 24.0 Å². The topological polar surface area (TPSA) is 65.7 Å². The Bertz CT molecular complexity index is 720. The van der Waals surface area contributed by atoms with Gasteiger partial charge >= 0.3 is 0 Å². The summed E-state index contributed by atoms with van der Waals surface area (Å²) in [7, 11) is 4.10. The van der Waals surface area contributed by atoms with Crippen molar-refractivity contribution in [1.29, 1.82) is 0 Å². The SMILES string of the molecule is CCNC(=NCc1ccc(N(C)C)cc1C)NCc1nc(C)c(C)o1.I. The lowest BCUT2D eigenvalue weighted by Gasteiger charge is -2.15. The van der Waals surface area contributed by atoms with Crippen LogP contribution in [0.1, 0.15) is 35.4 Å². The predicted octanol–water partition coefficient (Wildman–Crippen LogP) is 3.54. The van der Waals surface area contributed by atoms with Crippen LogP contribution in [-0.2, 0) is 13.1 Å². The monoisotopic (exact) mass is 471 g/mol. The number of aromatic nitrogens is 1. The number of nitrogens with zero attached hydrogens (tertiary/aromatic N) is 3. The van der Waals surface area contributed by atoms with Crippen LogP contribution in [-0.4, -0.2) is 31.6 Å². The number of aryl methyl sites for hydroxylation is 3. The second-order valence-corrected chi connectivity index (χ2v) is 6.30. The zero-order valence-electron chi connectivity index (χ0n) is 16.5. The molecule has 0 amide bonds. The van der Waals surface area contributed by atoms with Crippen LogP contribution in [0.5, 0.6) is 0 Å². The molecular formula is C19H30IN5O. The van der Waals surface area contributed by atoms with Crippen molar-refractivity contribution in [1.82, 2.24) is 15.6 Å². The molecule has 0 unspecified atom stereocenters. The van der Waals surface area contributed by atoms with Gasteiger partial charge in [0.05, 0.1) is 18.8 Å². The van der Waals surface area contributed by atoms with Crippen LogP contribution in [0.25, 0.3) is 0 Å². The van der Waals surface area contributed by atoms with E-state index >= 15 is 0 Å². The summed E-state index contributed by atoms with van der Waals surface area (Å²) >= 11 is 0. The normalized spacial score (nSPS) is 11.1. The van der Waals surface area contributed by atoms with Crippen LogP contribution in [0.4, 0.5) is 5.69 Å². The minimum Gasteiger partial charge on any atom is -0.444 e. The fraction of sp³-hybridized carbons (Fsp3) is 0.474. The molecule has 1 aromatic heterocycles. The highest BCUT2D eigenvalue weighted by atomic mass is 127. The number of benzene rings is 1. The molecule has 0 fully saturated rings. The first-order valence-electron chi connectivity index (χ1n) is 8.62. The third-order valence-corrected chi connectivity index (χ3v) is 4.07. The number of hydrogen-bond acceptors (Lipinski definition) is 4. The summed E-state index contributed by atoms with van der Waals surface area (Å²) in [5, 5.41) is 6.53. The van der Waals surface area contributed by atoms with Crippen molar-refractivity contribution in [3.8, 4) is 0 Å². The van der Waals surface area contributed by atoms with Crippen LogP contribution in [0.2, 0.25) is 0 Å². The predicted molar refractivity (Wildman–Crippen MR) is 119 cm³/mol. The smallest absolute Gasteiger partial charge is 0.214 e. The summed E-state index contributed by atoms with van der Waals surface area (Å²) in [6.45, 7) is 9.98. The first-order valence-corrected chi connectivity index (χ1v) is 8.62. The minimum atomic E-state index is 0. The molecule has 1 heterocycles. The highest BCUT2D eigenvalue weighted by Gasteiger charge is 2.07. The summed E-state index contributed by atoms with van der Waals surface area (Å²) in [4.78, 5) is 11.2. The molecule has 0 bridgehead atoms. The van der Waals surface area contributed by atoms with Crippen molar-refractivity contribution in [3.63, 3.8) is 0 Å². The average Bonchev–Trinajstić information content (AvgIpc) is 2.89. The number of nitrogens with one attached hydrogen (secondary N) is 2. The van der Waals surface area contributed by atoms with Crippen molar-refractivity contribution in [3.05, 3.63) is 46.7 Å². The van der Waals surface area contributed by atoms with Crippen molar-refractivity contribution >= 4 is 35.6 Å². The standard InChI is InChI=1S/C19H29N5O.HI/c1-7-20-19(22-12-18-23-14(3)15(4)25-18)21-11-16-8-9-17(24(5)6)10-13(16)2;/h8-10H,7,11-12H2,1-6H3,(H2,20,21,22);1H. The van der Waals surface area contributed by atoms with Crippen LogP contribution >= 0.6 is 24.0 Å². The maximum Gasteiger partial charge on any atom is 0.214 e. The molecule has 1 aromatic carbocycles. The van der Waals surface area contributed by atoms with E-state index in [1.165, 1.54) is 16.8 Å². The lowest BCUT2D eigenvalue weighted by molar-refractivity contribution is 0.463. The number of halogens is 1. The Morgan fingerprint density at radius 1 is 1.19 bits per heavy atom. The van der Waals surface area contributed by atoms with E-state index in [4.69, 9.17) is 4.42 Å². The molecule has 2 N–H and O–H groups in total. The summed E-state index contributed by atoms with van der Waals surface area (Å²) in [6.07, 6.45) is 0. The summed E-state index contributed by atoms with van der Waals surface area (Å²) in [5.41, 5.74) is 4.58. The Kier molecular flexibility index (Phi) is 8.91. The lowest BCUT2D eigenvalue weighted by atomic mass is 10.1. The van der Waals surface area contributed by atoms with Gasteiger partial charge in [-0.15, -0.1) is 24.0 Å². The van der Waals surface area contributed by atoms with Gasteiger partial charge < -0.3 is 20.0 Å². The van der Waals surface area contributed by atoms with Crippen molar-refractivity contribution in [2.45, 2.75) is 40.8 Å². The van der Waals surface area contributed by atoms with Crippen LogP contribution < -0.4 is 15.5 Å². The van der Waals surface area contributed by atoms with E-state index in [0.29, 0.717) is 19.0 Å². The molecular weight excluding hydrogens is 441 g/mol. The van der Waals surface area contributed by atoms with Gasteiger partial charge in [0.15, 0.2) is 5.96 Å². The van der Waals surface area contributed by atoms with E-state index in [1.807, 2.05) is 34.9 Å². The molecule has 2 aromatic rings. The van der Waals surface area contributed by atoms with Gasteiger partial charge in [-0.3, -0.25) is 0 Å². The number of oxazole rings is 1. The zero-order chi connectivity index (χ0) is 18.4. The number of aliphatic imine (C=N–C) groups is 1. The van der Waals surface area contributed by atoms with Gasteiger partial charge in [0.2, 0.25) is 5.89 Å². The maximum absolute atomic E-state index is 5.60. The number of guanidine groups is 1. The van der Waals surface area contributed by atoms with Crippen LogP contribution in [0.15, 0.2) is 27.6 Å². The summed E-state index contributed by atoms with van der Waals surface area (Å²) in [5.74, 6) is 2.29. The van der Waals surface area contributed by atoms with Crippen molar-refractivity contribution < 1.29 is 4.42 Å². The van der Waals surface area contributed by atoms with Gasteiger partial charge in [0, 0.05) is 26.3 Å². The third-order valence-electron chi connectivity index (χ3n) is 4.07. The Hall–Kier alpha value is -1.77. The van der Waals surface area contributed by atoms with E-state index in [0.717, 1.165) is 24.0 Å².